The summed E-state index contributed by atoms with van der Waals surface area (Å²) in [6.07, 6.45) is 2.84. The third-order valence-corrected chi connectivity index (χ3v) is 8.05. The lowest BCUT2D eigenvalue weighted by Crippen LogP contribution is -2.48. The van der Waals surface area contributed by atoms with Crippen molar-refractivity contribution in [3.05, 3.63) is 70.5 Å². The Balaban J connectivity index is 1.18. The van der Waals surface area contributed by atoms with Crippen molar-refractivity contribution in [2.24, 2.45) is 0 Å². The minimum Gasteiger partial charge on any atom is -0.443 e. The summed E-state index contributed by atoms with van der Waals surface area (Å²) in [6, 6.07) is 8.52. The first kappa shape index (κ1) is 26.0. The van der Waals surface area contributed by atoms with Crippen LogP contribution in [0.15, 0.2) is 36.4 Å². The van der Waals surface area contributed by atoms with E-state index in [1.54, 1.807) is 13.0 Å². The van der Waals surface area contributed by atoms with Crippen molar-refractivity contribution < 1.29 is 27.5 Å². The van der Waals surface area contributed by atoms with Crippen LogP contribution in [0.5, 0.6) is 0 Å². The van der Waals surface area contributed by atoms with Gasteiger partial charge in [-0.2, -0.15) is 5.26 Å². The summed E-state index contributed by atoms with van der Waals surface area (Å²) in [5.74, 6) is -2.25. The van der Waals surface area contributed by atoms with Gasteiger partial charge in [-0.05, 0) is 80.3 Å². The van der Waals surface area contributed by atoms with Crippen molar-refractivity contribution in [1.29, 1.82) is 5.26 Å². The molecule has 2 saturated heterocycles. The molecule has 2 heterocycles. The standard InChI is InChI=1S/C28H29F3N4O3/c1-16-26(18-4-9-24(30)25(31)13-18)35(28(37)38-16)27(36)33-21-10-11-34(15-21)22-6-2-17(3-7-22)23-8-5-20(29)12-19(23)14-32/h4-5,8-9,12-13,16-17,21-22,26H,2-3,6-7,10-11,15H2,1H3,(H,33,36)/t16?,17?,21?,22?,26-/m1/s1. The molecule has 0 spiro atoms. The minimum absolute atomic E-state index is 0.170. The molecule has 2 aliphatic heterocycles. The number of likely N-dealkylation sites (tertiary alicyclic amines) is 1. The van der Waals surface area contributed by atoms with Crippen LogP contribution in [-0.4, -0.2) is 53.2 Å². The van der Waals surface area contributed by atoms with Crippen LogP contribution in [0.2, 0.25) is 0 Å². The van der Waals surface area contributed by atoms with Crippen molar-refractivity contribution in [2.45, 2.75) is 69.2 Å². The number of rotatable bonds is 4. The molecule has 3 atom stereocenters. The molecule has 2 unspecified atom stereocenters. The lowest BCUT2D eigenvalue weighted by molar-refractivity contribution is 0.137. The van der Waals surface area contributed by atoms with E-state index in [0.717, 1.165) is 61.2 Å². The first-order valence-electron chi connectivity index (χ1n) is 12.9. The van der Waals surface area contributed by atoms with Gasteiger partial charge in [-0.25, -0.2) is 27.7 Å². The molecule has 0 aromatic heterocycles. The molecule has 1 N–H and O–H groups in total. The van der Waals surface area contributed by atoms with E-state index in [1.165, 1.54) is 18.2 Å². The van der Waals surface area contributed by atoms with Gasteiger partial charge in [0.05, 0.1) is 11.6 Å². The number of imide groups is 1. The second-order valence-electron chi connectivity index (χ2n) is 10.4. The summed E-state index contributed by atoms with van der Waals surface area (Å²) in [5.41, 5.74) is 1.58. The van der Waals surface area contributed by atoms with Gasteiger partial charge < -0.3 is 10.1 Å². The SMILES string of the molecule is CC1OC(=O)N(C(=O)NC2CCN(C3CCC(c4ccc(F)cc4C#N)CC3)C2)[C@H]1c1ccc(F)c(F)c1. The van der Waals surface area contributed by atoms with E-state index < -0.39 is 41.7 Å². The number of ether oxygens (including phenoxy) is 1. The van der Waals surface area contributed by atoms with E-state index in [9.17, 15) is 28.0 Å². The van der Waals surface area contributed by atoms with Crippen LogP contribution in [0, 0.1) is 28.8 Å². The average molecular weight is 527 g/mol. The summed E-state index contributed by atoms with van der Waals surface area (Å²) in [4.78, 5) is 28.9. The molecule has 38 heavy (non-hydrogen) atoms. The molecule has 0 radical (unpaired) electrons. The number of benzene rings is 2. The highest BCUT2D eigenvalue weighted by molar-refractivity contribution is 5.93. The Kier molecular flexibility index (Phi) is 7.30. The van der Waals surface area contributed by atoms with Gasteiger partial charge in [0.1, 0.15) is 18.0 Å². The summed E-state index contributed by atoms with van der Waals surface area (Å²) in [6.45, 7) is 3.04. The van der Waals surface area contributed by atoms with Crippen LogP contribution in [-0.2, 0) is 4.74 Å². The number of nitriles is 1. The predicted octanol–water partition coefficient (Wildman–Crippen LogP) is 5.37. The minimum atomic E-state index is -1.06. The molecule has 3 aliphatic rings. The number of nitrogens with one attached hydrogen (secondary N) is 1. The zero-order valence-corrected chi connectivity index (χ0v) is 21.0. The number of urea groups is 1. The highest BCUT2D eigenvalue weighted by Gasteiger charge is 2.45. The van der Waals surface area contributed by atoms with Crippen LogP contribution in [0.1, 0.15) is 67.7 Å². The van der Waals surface area contributed by atoms with Crippen LogP contribution >= 0.6 is 0 Å². The zero-order chi connectivity index (χ0) is 27.0. The van der Waals surface area contributed by atoms with E-state index in [1.807, 2.05) is 0 Å². The van der Waals surface area contributed by atoms with Crippen LogP contribution < -0.4 is 5.32 Å². The highest BCUT2D eigenvalue weighted by atomic mass is 19.2. The number of amides is 3. The quantitative estimate of drug-likeness (QED) is 0.579. The van der Waals surface area contributed by atoms with E-state index in [2.05, 4.69) is 16.3 Å². The first-order valence-corrected chi connectivity index (χ1v) is 12.9. The maximum absolute atomic E-state index is 13.9. The summed E-state index contributed by atoms with van der Waals surface area (Å²) >= 11 is 0. The molecule has 3 amide bonds. The molecule has 200 valence electrons. The third kappa shape index (κ3) is 5.07. The van der Waals surface area contributed by atoms with Gasteiger partial charge >= 0.3 is 12.1 Å². The molecular formula is C28H29F3N4O3. The van der Waals surface area contributed by atoms with Gasteiger partial charge in [0.15, 0.2) is 11.6 Å². The molecule has 3 fully saturated rings. The van der Waals surface area contributed by atoms with Gasteiger partial charge in [0.2, 0.25) is 0 Å². The Labute approximate surface area is 219 Å². The molecule has 10 heteroatoms. The van der Waals surface area contributed by atoms with Gasteiger partial charge in [0, 0.05) is 25.2 Å². The second kappa shape index (κ2) is 10.7. The van der Waals surface area contributed by atoms with Crippen molar-refractivity contribution in [2.75, 3.05) is 13.1 Å². The number of halogens is 3. The smallest absolute Gasteiger partial charge is 0.419 e. The molecular weight excluding hydrogens is 497 g/mol. The average Bonchev–Trinajstić information content (AvgIpc) is 3.48. The largest absolute Gasteiger partial charge is 0.443 e. The van der Waals surface area contributed by atoms with Crippen molar-refractivity contribution in [3.8, 4) is 6.07 Å². The Hall–Kier alpha value is -3.58. The third-order valence-electron chi connectivity index (χ3n) is 8.05. The summed E-state index contributed by atoms with van der Waals surface area (Å²) < 4.78 is 46.1. The number of cyclic esters (lactones) is 1. The van der Waals surface area contributed by atoms with Gasteiger partial charge in [-0.15, -0.1) is 0 Å². The maximum Gasteiger partial charge on any atom is 0.419 e. The summed E-state index contributed by atoms with van der Waals surface area (Å²) in [7, 11) is 0. The van der Waals surface area contributed by atoms with E-state index in [-0.39, 0.29) is 17.5 Å². The Morgan fingerprint density at radius 3 is 2.53 bits per heavy atom. The lowest BCUT2D eigenvalue weighted by atomic mass is 9.80. The van der Waals surface area contributed by atoms with Crippen LogP contribution in [0.25, 0.3) is 0 Å². The monoisotopic (exact) mass is 526 g/mol. The molecule has 1 aliphatic carbocycles. The number of carbonyl (C=O) groups excluding carboxylic acids is 2. The molecule has 7 nitrogen and oxygen atoms in total. The van der Waals surface area contributed by atoms with Gasteiger partial charge in [0.25, 0.3) is 0 Å². The zero-order valence-electron chi connectivity index (χ0n) is 21.0. The fraction of sp³-hybridized carbons (Fsp3) is 0.464. The van der Waals surface area contributed by atoms with Gasteiger partial charge in [-0.3, -0.25) is 4.90 Å². The van der Waals surface area contributed by atoms with E-state index in [0.29, 0.717) is 18.2 Å². The number of carbonyl (C=O) groups is 2. The number of hydrogen-bond acceptors (Lipinski definition) is 5. The lowest BCUT2D eigenvalue weighted by Gasteiger charge is -2.35. The summed E-state index contributed by atoms with van der Waals surface area (Å²) in [5, 5.41) is 12.3. The first-order chi connectivity index (χ1) is 18.2. The van der Waals surface area contributed by atoms with Gasteiger partial charge in [-0.1, -0.05) is 12.1 Å². The van der Waals surface area contributed by atoms with Crippen molar-refractivity contribution in [1.82, 2.24) is 15.1 Å². The fourth-order valence-electron chi connectivity index (χ4n) is 6.14. The Bertz CT molecular complexity index is 1270. The topological polar surface area (TPSA) is 85.7 Å². The molecule has 5 rings (SSSR count). The Morgan fingerprint density at radius 2 is 1.82 bits per heavy atom. The fourth-order valence-corrected chi connectivity index (χ4v) is 6.14. The van der Waals surface area contributed by atoms with Crippen molar-refractivity contribution in [3.63, 3.8) is 0 Å². The Morgan fingerprint density at radius 1 is 1.05 bits per heavy atom. The van der Waals surface area contributed by atoms with Crippen LogP contribution in [0.4, 0.5) is 22.8 Å². The number of hydrogen-bond donors (Lipinski definition) is 1. The van der Waals surface area contributed by atoms with Crippen LogP contribution in [0.3, 0.4) is 0 Å². The van der Waals surface area contributed by atoms with E-state index in [4.69, 9.17) is 4.74 Å². The van der Waals surface area contributed by atoms with E-state index >= 15 is 0 Å². The normalized spacial score (nSPS) is 27.7. The molecule has 0 bridgehead atoms. The van der Waals surface area contributed by atoms with Crippen molar-refractivity contribution >= 4 is 12.1 Å². The molecule has 1 saturated carbocycles. The molecule has 2 aromatic carbocycles. The highest BCUT2D eigenvalue weighted by Crippen LogP contribution is 2.38. The maximum atomic E-state index is 13.9. The number of nitrogens with zero attached hydrogens (tertiary/aromatic N) is 3. The predicted molar refractivity (Wildman–Crippen MR) is 132 cm³/mol. The molecule has 2 aromatic rings. The second-order valence-corrected chi connectivity index (χ2v) is 10.4.